The fourth-order valence-corrected chi connectivity index (χ4v) is 8.57. The Balaban J connectivity index is 1.21. The van der Waals surface area contributed by atoms with Crippen molar-refractivity contribution < 1.29 is 61.6 Å². The molecule has 6 fully saturated rings. The molecule has 0 spiro atoms. The van der Waals surface area contributed by atoms with Crippen LogP contribution in [0.4, 0.5) is 0 Å². The second-order valence-corrected chi connectivity index (χ2v) is 20.5. The van der Waals surface area contributed by atoms with Crippen molar-refractivity contribution >= 4 is 0 Å². The quantitative estimate of drug-likeness (QED) is 0.0797. The molecule has 13 nitrogen and oxygen atoms in total. The van der Waals surface area contributed by atoms with Crippen molar-refractivity contribution in [3.05, 3.63) is 0 Å². The highest BCUT2D eigenvalue weighted by Gasteiger charge is 2.46. The lowest BCUT2D eigenvalue weighted by molar-refractivity contribution is -0.207. The van der Waals surface area contributed by atoms with Crippen LogP contribution in [-0.2, 0) is 61.6 Å². The van der Waals surface area contributed by atoms with Crippen LogP contribution in [0.2, 0.25) is 0 Å². The van der Waals surface area contributed by atoms with E-state index in [1.54, 1.807) is 0 Å². The van der Waals surface area contributed by atoms with Gasteiger partial charge in [-0.2, -0.15) is 0 Å². The van der Waals surface area contributed by atoms with Gasteiger partial charge in [0.15, 0.2) is 0 Å². The fraction of sp³-hybridized carbons (Fsp3) is 1.00. The van der Waals surface area contributed by atoms with Crippen LogP contribution < -0.4 is 0 Å². The van der Waals surface area contributed by atoms with E-state index in [4.69, 9.17) is 61.6 Å². The van der Waals surface area contributed by atoms with Gasteiger partial charge in [0.25, 0.3) is 0 Å². The lowest BCUT2D eigenvalue weighted by Crippen LogP contribution is -2.52. The molecule has 0 radical (unpaired) electrons. The maximum absolute atomic E-state index is 7.03. The molecule has 0 bridgehead atoms. The first-order valence-corrected chi connectivity index (χ1v) is 23.1. The Labute approximate surface area is 356 Å². The van der Waals surface area contributed by atoms with E-state index in [2.05, 4.69) is 41.5 Å². The molecule has 0 aromatic heterocycles. The van der Waals surface area contributed by atoms with Crippen LogP contribution in [0.25, 0.3) is 0 Å². The molecule has 0 unspecified atom stereocenters. The maximum Gasteiger partial charge on any atom is 0.0637 e. The zero-order valence-corrected chi connectivity index (χ0v) is 37.9. The zero-order chi connectivity index (χ0) is 41.8. The van der Waals surface area contributed by atoms with E-state index in [9.17, 15) is 0 Å². The highest BCUT2D eigenvalue weighted by molar-refractivity contribution is 4.92. The molecule has 59 heavy (non-hydrogen) atoms. The molecule has 6 heterocycles. The Hall–Kier alpha value is -0.520. The molecule has 6 aliphatic heterocycles. The Kier molecular flexibility index (Phi) is 17.4. The van der Waals surface area contributed by atoms with Gasteiger partial charge in [-0.3, -0.25) is 0 Å². The van der Waals surface area contributed by atoms with Crippen molar-refractivity contribution in [2.45, 2.75) is 80.1 Å². The molecule has 0 aromatic carbocycles. The molecule has 0 amide bonds. The molecule has 344 valence electrons. The Morgan fingerprint density at radius 3 is 0.542 bits per heavy atom. The molecule has 0 N–H and O–H groups in total. The summed E-state index contributed by atoms with van der Waals surface area (Å²) in [5.41, 5.74) is -0.875. The first kappa shape index (κ1) is 47.9. The van der Waals surface area contributed by atoms with E-state index < -0.39 is 10.8 Å². The van der Waals surface area contributed by atoms with Crippen molar-refractivity contribution in [2.75, 3.05) is 172 Å². The van der Waals surface area contributed by atoms with Gasteiger partial charge in [-0.25, -0.2) is 0 Å². The molecule has 0 saturated carbocycles. The lowest BCUT2D eigenvalue weighted by Gasteiger charge is -2.45. The van der Waals surface area contributed by atoms with E-state index in [0.717, 1.165) is 118 Å². The van der Waals surface area contributed by atoms with Gasteiger partial charge in [-0.15, -0.1) is 0 Å². The first-order chi connectivity index (χ1) is 28.6. The summed E-state index contributed by atoms with van der Waals surface area (Å²) >= 11 is 0. The van der Waals surface area contributed by atoms with E-state index >= 15 is 0 Å². The van der Waals surface area contributed by atoms with Gasteiger partial charge in [0.2, 0.25) is 0 Å². The summed E-state index contributed by atoms with van der Waals surface area (Å²) in [7, 11) is 0. The Morgan fingerprint density at radius 1 is 0.271 bits per heavy atom. The van der Waals surface area contributed by atoms with Gasteiger partial charge < -0.3 is 61.6 Å². The Morgan fingerprint density at radius 2 is 0.424 bits per heavy atom. The van der Waals surface area contributed by atoms with E-state index in [0.29, 0.717) is 92.5 Å². The number of hydrogen-bond donors (Lipinski definition) is 0. The smallest absolute Gasteiger partial charge is 0.0637 e. The average molecular weight is 843 g/mol. The molecular formula is C46H82O13. The van der Waals surface area contributed by atoms with Crippen molar-refractivity contribution in [1.29, 1.82) is 0 Å². The second kappa shape index (κ2) is 21.4. The van der Waals surface area contributed by atoms with Gasteiger partial charge in [0.05, 0.1) is 183 Å². The topological polar surface area (TPSA) is 120 Å². The molecule has 6 rings (SSSR count). The summed E-state index contributed by atoms with van der Waals surface area (Å²) in [6.45, 7) is 29.1. The summed E-state index contributed by atoms with van der Waals surface area (Å²) < 4.78 is 81.2. The van der Waals surface area contributed by atoms with Gasteiger partial charge in [-0.05, 0) is 38.5 Å². The fourth-order valence-electron chi connectivity index (χ4n) is 8.57. The highest BCUT2D eigenvalue weighted by Crippen LogP contribution is 2.39. The maximum atomic E-state index is 7.03. The van der Waals surface area contributed by atoms with Crippen LogP contribution in [0.1, 0.15) is 80.1 Å². The van der Waals surface area contributed by atoms with Gasteiger partial charge in [0, 0.05) is 32.5 Å². The van der Waals surface area contributed by atoms with Crippen LogP contribution in [0, 0.1) is 43.3 Å². The van der Waals surface area contributed by atoms with Gasteiger partial charge in [0.1, 0.15) is 0 Å². The van der Waals surface area contributed by atoms with Crippen LogP contribution >= 0.6 is 0 Å². The molecule has 0 atom stereocenters. The first-order valence-electron chi connectivity index (χ1n) is 23.1. The number of hydrogen-bond acceptors (Lipinski definition) is 13. The standard InChI is InChI=1S/C46H82O13/c1-7-39(13-47-14-39)25-53-31-45(32-54-26-40(8-2)15-48-16-40,33-55-27-41(9-3)17-49-18-41)37-59-38-46(34-56-28-42(10-4)19-50-20-42,35-57-29-43(11-5)21-51-22-43)36-58-30-44(12-6)23-52-24-44/h7-38H2,1-6H3. The minimum Gasteiger partial charge on any atom is -0.380 e. The minimum atomic E-state index is -0.576. The van der Waals surface area contributed by atoms with Crippen LogP contribution in [0.15, 0.2) is 0 Å². The third-order valence-electron chi connectivity index (χ3n) is 15.1. The molecule has 6 saturated heterocycles. The summed E-state index contributed by atoms with van der Waals surface area (Å²) in [4.78, 5) is 0. The van der Waals surface area contributed by atoms with Crippen LogP contribution in [-0.4, -0.2) is 172 Å². The van der Waals surface area contributed by atoms with Gasteiger partial charge >= 0.3 is 0 Å². The van der Waals surface area contributed by atoms with Crippen LogP contribution in [0.3, 0.4) is 0 Å². The summed E-state index contributed by atoms with van der Waals surface area (Å²) in [5.74, 6) is 0. The van der Waals surface area contributed by atoms with Crippen molar-refractivity contribution in [2.24, 2.45) is 43.3 Å². The van der Waals surface area contributed by atoms with Crippen molar-refractivity contribution in [3.63, 3.8) is 0 Å². The largest absolute Gasteiger partial charge is 0.380 e. The normalized spacial score (nSPS) is 24.5. The Bertz CT molecular complexity index is 957. The summed E-state index contributed by atoms with van der Waals surface area (Å²) in [6, 6.07) is 0. The monoisotopic (exact) mass is 843 g/mol. The van der Waals surface area contributed by atoms with E-state index in [1.165, 1.54) is 0 Å². The lowest BCUT2D eigenvalue weighted by atomic mass is 9.83. The number of rotatable bonds is 34. The van der Waals surface area contributed by atoms with Gasteiger partial charge in [-0.1, -0.05) is 41.5 Å². The molecule has 0 aromatic rings. The summed E-state index contributed by atoms with van der Waals surface area (Å²) in [6.07, 6.45) is 6.04. The SMILES string of the molecule is CCC1(COCC(COCC2(CC)COC2)(COCC2(CC)COC2)COCC(COCC2(CC)COC2)(COCC2(CC)COC2)COCC2(CC)COC2)COC1. The van der Waals surface area contributed by atoms with Crippen molar-refractivity contribution in [3.8, 4) is 0 Å². The van der Waals surface area contributed by atoms with E-state index in [1.807, 2.05) is 0 Å². The minimum absolute atomic E-state index is 0.0462. The van der Waals surface area contributed by atoms with Crippen LogP contribution in [0.5, 0.6) is 0 Å². The van der Waals surface area contributed by atoms with E-state index in [-0.39, 0.29) is 32.5 Å². The molecule has 6 aliphatic rings. The highest BCUT2D eigenvalue weighted by atomic mass is 16.6. The predicted octanol–water partition coefficient (Wildman–Crippen LogP) is 5.64. The molecular weight excluding hydrogens is 760 g/mol. The number of ether oxygens (including phenoxy) is 13. The average Bonchev–Trinajstić information content (AvgIpc) is 3.15. The molecule has 13 heteroatoms. The second-order valence-electron chi connectivity index (χ2n) is 20.5. The van der Waals surface area contributed by atoms with Crippen molar-refractivity contribution in [1.82, 2.24) is 0 Å². The predicted molar refractivity (Wildman–Crippen MR) is 222 cm³/mol. The third kappa shape index (κ3) is 12.0. The summed E-state index contributed by atoms with van der Waals surface area (Å²) in [5, 5.41) is 0. The zero-order valence-electron chi connectivity index (χ0n) is 37.9. The third-order valence-corrected chi connectivity index (χ3v) is 15.1. The molecule has 0 aliphatic carbocycles.